The minimum absolute atomic E-state index is 0.0252. The number of carbonyl (C=O) groups is 2. The Morgan fingerprint density at radius 2 is 2.27 bits per heavy atom. The van der Waals surface area contributed by atoms with E-state index in [9.17, 15) is 9.59 Å². The number of nitrogens with zero attached hydrogens (tertiary/aromatic N) is 2. The number of allylic oxidation sites excluding steroid dienone is 1. The van der Waals surface area contributed by atoms with Crippen LogP contribution in [0.4, 0.5) is 0 Å². The minimum atomic E-state index is -0.547. The lowest BCUT2D eigenvalue weighted by molar-refractivity contribution is -0.139. The van der Waals surface area contributed by atoms with Crippen molar-refractivity contribution in [3.8, 4) is 0 Å². The van der Waals surface area contributed by atoms with E-state index in [0.717, 1.165) is 10.0 Å². The van der Waals surface area contributed by atoms with Crippen molar-refractivity contribution in [1.82, 2.24) is 4.90 Å². The van der Waals surface area contributed by atoms with Crippen LogP contribution in [-0.4, -0.2) is 33.8 Å². The Hall–Kier alpha value is -1.86. The number of amidine groups is 1. The summed E-state index contributed by atoms with van der Waals surface area (Å²) in [5.74, 6) is -0.504. The zero-order valence-electron chi connectivity index (χ0n) is 14.6. The lowest BCUT2D eigenvalue weighted by atomic mass is 9.94. The zero-order valence-corrected chi connectivity index (χ0v) is 17.0. The molecule has 5 nitrogen and oxygen atoms in total. The van der Waals surface area contributed by atoms with Gasteiger partial charge in [-0.2, -0.15) is 0 Å². The molecule has 3 rings (SSSR count). The SMILES string of the molecule is C=CCOC(=O)C1=C(C)N=C2S[C@H](CC)C(=O)N2[C@@H]1c1cccc(Br)c1. The average Bonchev–Trinajstić information content (AvgIpc) is 2.93. The lowest BCUT2D eigenvalue weighted by Crippen LogP contribution is -2.40. The summed E-state index contributed by atoms with van der Waals surface area (Å²) in [6.07, 6.45) is 2.23. The predicted molar refractivity (Wildman–Crippen MR) is 107 cm³/mol. The largest absolute Gasteiger partial charge is 0.458 e. The molecule has 0 radical (unpaired) electrons. The van der Waals surface area contributed by atoms with E-state index in [1.54, 1.807) is 11.8 Å². The summed E-state index contributed by atoms with van der Waals surface area (Å²) in [6, 6.07) is 7.07. The summed E-state index contributed by atoms with van der Waals surface area (Å²) in [4.78, 5) is 31.8. The molecule has 7 heteroatoms. The molecule has 1 aromatic carbocycles. The number of hydrogen-bond acceptors (Lipinski definition) is 5. The Morgan fingerprint density at radius 3 is 2.92 bits per heavy atom. The highest BCUT2D eigenvalue weighted by Gasteiger charge is 2.47. The maximum Gasteiger partial charge on any atom is 0.338 e. The minimum Gasteiger partial charge on any atom is -0.458 e. The van der Waals surface area contributed by atoms with E-state index >= 15 is 0 Å². The van der Waals surface area contributed by atoms with E-state index in [4.69, 9.17) is 4.74 Å². The lowest BCUT2D eigenvalue weighted by Gasteiger charge is -2.33. The number of hydrogen-bond donors (Lipinski definition) is 0. The number of aliphatic imine (C=N–C) groups is 1. The fraction of sp³-hybridized carbons (Fsp3) is 0.316. The van der Waals surface area contributed by atoms with Gasteiger partial charge in [-0.1, -0.05) is 59.4 Å². The number of halogens is 1. The van der Waals surface area contributed by atoms with Crippen molar-refractivity contribution >= 4 is 44.7 Å². The van der Waals surface area contributed by atoms with Crippen LogP contribution in [0.5, 0.6) is 0 Å². The molecule has 2 aliphatic rings. The first-order chi connectivity index (χ1) is 12.5. The fourth-order valence-electron chi connectivity index (χ4n) is 3.05. The molecule has 2 heterocycles. The monoisotopic (exact) mass is 434 g/mol. The average molecular weight is 435 g/mol. The van der Waals surface area contributed by atoms with Crippen LogP contribution in [0.2, 0.25) is 0 Å². The van der Waals surface area contributed by atoms with Gasteiger partial charge >= 0.3 is 5.97 Å². The Labute approximate surface area is 165 Å². The number of thioether (sulfide) groups is 1. The van der Waals surface area contributed by atoms with E-state index in [-0.39, 0.29) is 17.8 Å². The number of ether oxygens (including phenoxy) is 1. The molecular formula is C19H19BrN2O3S. The zero-order chi connectivity index (χ0) is 18.8. The molecule has 2 atom stereocenters. The van der Waals surface area contributed by atoms with E-state index in [2.05, 4.69) is 27.5 Å². The quantitative estimate of drug-likeness (QED) is 0.514. The molecule has 0 spiro atoms. The van der Waals surface area contributed by atoms with Gasteiger partial charge in [0, 0.05) is 4.47 Å². The Bertz CT molecular complexity index is 834. The number of fused-ring (bicyclic) bond motifs is 1. The summed E-state index contributed by atoms with van der Waals surface area (Å²) in [7, 11) is 0. The van der Waals surface area contributed by atoms with Crippen molar-refractivity contribution in [2.24, 2.45) is 4.99 Å². The highest BCUT2D eigenvalue weighted by molar-refractivity contribution is 9.10. The number of carbonyl (C=O) groups excluding carboxylic acids is 2. The van der Waals surface area contributed by atoms with E-state index in [0.29, 0.717) is 22.9 Å². The molecule has 2 aliphatic heterocycles. The van der Waals surface area contributed by atoms with Gasteiger partial charge in [0.1, 0.15) is 6.61 Å². The van der Waals surface area contributed by atoms with Gasteiger partial charge in [0.05, 0.1) is 22.6 Å². The second-order valence-corrected chi connectivity index (χ2v) is 8.05. The maximum absolute atomic E-state index is 12.9. The molecule has 0 unspecified atom stereocenters. The van der Waals surface area contributed by atoms with Crippen LogP contribution in [0, 0.1) is 0 Å². The van der Waals surface area contributed by atoms with Gasteiger partial charge in [-0.15, -0.1) is 0 Å². The van der Waals surface area contributed by atoms with E-state index in [1.807, 2.05) is 31.2 Å². The van der Waals surface area contributed by atoms with Crippen LogP contribution in [-0.2, 0) is 14.3 Å². The second kappa shape index (κ2) is 7.80. The van der Waals surface area contributed by atoms with E-state index in [1.165, 1.54) is 17.8 Å². The fourth-order valence-corrected chi connectivity index (χ4v) is 4.61. The summed E-state index contributed by atoms with van der Waals surface area (Å²) in [5.41, 5.74) is 1.80. The normalized spacial score (nSPS) is 22.2. The molecule has 1 amide bonds. The summed E-state index contributed by atoms with van der Waals surface area (Å²) in [6.45, 7) is 7.44. The van der Waals surface area contributed by atoms with Gasteiger partial charge in [-0.05, 0) is 31.0 Å². The molecule has 0 aromatic heterocycles. The van der Waals surface area contributed by atoms with Crippen LogP contribution in [0.15, 0.2) is 57.7 Å². The number of benzene rings is 1. The van der Waals surface area contributed by atoms with Crippen LogP contribution in [0.1, 0.15) is 31.9 Å². The summed E-state index contributed by atoms with van der Waals surface area (Å²) < 4.78 is 6.16. The third kappa shape index (κ3) is 3.38. The first-order valence-corrected chi connectivity index (χ1v) is 9.97. The first-order valence-electron chi connectivity index (χ1n) is 8.30. The second-order valence-electron chi connectivity index (χ2n) is 5.96. The Kier molecular flexibility index (Phi) is 5.67. The van der Waals surface area contributed by atoms with Crippen molar-refractivity contribution in [2.75, 3.05) is 6.61 Å². The topological polar surface area (TPSA) is 59.0 Å². The van der Waals surface area contributed by atoms with Crippen molar-refractivity contribution < 1.29 is 14.3 Å². The van der Waals surface area contributed by atoms with Gasteiger partial charge in [0.2, 0.25) is 5.91 Å². The standard InChI is InChI=1S/C19H19BrN2O3S/c1-4-9-25-18(24)15-11(3)21-19-22(17(23)14(5-2)26-19)16(15)12-7-6-8-13(20)10-12/h4,6-8,10,14,16H,1,5,9H2,2-3H3/t14-,16-/m1/s1. The molecule has 1 aromatic rings. The first kappa shape index (κ1) is 18.9. The van der Waals surface area contributed by atoms with Crippen LogP contribution in [0.3, 0.4) is 0 Å². The van der Waals surface area contributed by atoms with Crippen molar-refractivity contribution in [1.29, 1.82) is 0 Å². The molecule has 1 fully saturated rings. The molecule has 136 valence electrons. The number of esters is 1. The number of rotatable bonds is 5. The van der Waals surface area contributed by atoms with Gasteiger partial charge in [0.15, 0.2) is 5.17 Å². The Morgan fingerprint density at radius 1 is 1.50 bits per heavy atom. The van der Waals surface area contributed by atoms with Crippen molar-refractivity contribution in [3.05, 3.63) is 58.2 Å². The summed E-state index contributed by atoms with van der Waals surface area (Å²) in [5, 5.41) is 0.462. The van der Waals surface area contributed by atoms with Crippen molar-refractivity contribution in [3.63, 3.8) is 0 Å². The molecule has 26 heavy (non-hydrogen) atoms. The smallest absolute Gasteiger partial charge is 0.338 e. The third-order valence-corrected chi connectivity index (χ3v) is 6.05. The maximum atomic E-state index is 12.9. The van der Waals surface area contributed by atoms with Gasteiger partial charge < -0.3 is 4.74 Å². The highest BCUT2D eigenvalue weighted by Crippen LogP contribution is 2.44. The molecule has 1 saturated heterocycles. The molecule has 0 bridgehead atoms. The number of amides is 1. The third-order valence-electron chi connectivity index (χ3n) is 4.24. The van der Waals surface area contributed by atoms with Gasteiger partial charge in [-0.25, -0.2) is 9.79 Å². The van der Waals surface area contributed by atoms with E-state index < -0.39 is 12.0 Å². The van der Waals surface area contributed by atoms with Crippen LogP contribution >= 0.6 is 27.7 Å². The van der Waals surface area contributed by atoms with Gasteiger partial charge in [0.25, 0.3) is 0 Å². The molecule has 0 N–H and O–H groups in total. The van der Waals surface area contributed by atoms with Crippen LogP contribution in [0.25, 0.3) is 0 Å². The molecule has 0 aliphatic carbocycles. The van der Waals surface area contributed by atoms with Crippen molar-refractivity contribution in [2.45, 2.75) is 31.6 Å². The Balaban J connectivity index is 2.12. The molecule has 0 saturated carbocycles. The summed E-state index contributed by atoms with van der Waals surface area (Å²) >= 11 is 4.92. The van der Waals surface area contributed by atoms with Gasteiger partial charge in [-0.3, -0.25) is 9.69 Å². The highest BCUT2D eigenvalue weighted by atomic mass is 79.9. The van der Waals surface area contributed by atoms with Crippen LogP contribution < -0.4 is 0 Å². The molecular weight excluding hydrogens is 416 g/mol. The predicted octanol–water partition coefficient (Wildman–Crippen LogP) is 4.22.